The highest BCUT2D eigenvalue weighted by Crippen LogP contribution is 1.98. The third kappa shape index (κ3) is 6.05. The second kappa shape index (κ2) is 6.94. The smallest absolute Gasteiger partial charge is 0.314 e. The summed E-state index contributed by atoms with van der Waals surface area (Å²) >= 11 is 0. The number of hydrogen-bond donors (Lipinski definition) is 3. The molecule has 3 amide bonds. The molecule has 1 rings (SSSR count). The highest BCUT2D eigenvalue weighted by atomic mass is 16.2. The molecule has 5 heteroatoms. The van der Waals surface area contributed by atoms with E-state index in [1.165, 1.54) is 0 Å². The molecule has 4 N–H and O–H groups in total. The van der Waals surface area contributed by atoms with Gasteiger partial charge < -0.3 is 16.4 Å². The lowest BCUT2D eigenvalue weighted by atomic mass is 10.2. The number of primary amides is 1. The van der Waals surface area contributed by atoms with E-state index in [0.29, 0.717) is 5.57 Å². The number of nitrogens with one attached hydrogen (secondary N) is 2. The molecular weight excluding hydrogens is 182 g/mol. The summed E-state index contributed by atoms with van der Waals surface area (Å²) in [7, 11) is 0. The van der Waals surface area contributed by atoms with E-state index in [0.717, 1.165) is 25.9 Å². The van der Waals surface area contributed by atoms with Crippen LogP contribution in [0.25, 0.3) is 0 Å². The maximum absolute atomic E-state index is 10.2. The summed E-state index contributed by atoms with van der Waals surface area (Å²) in [6.45, 7) is 7.00. The lowest BCUT2D eigenvalue weighted by molar-refractivity contribution is -0.114. The first-order valence-electron chi connectivity index (χ1n) is 4.57. The van der Waals surface area contributed by atoms with Crippen LogP contribution in [0.3, 0.4) is 0 Å². The first-order valence-corrected chi connectivity index (χ1v) is 4.57. The van der Waals surface area contributed by atoms with Crippen LogP contribution in [0.15, 0.2) is 12.2 Å². The summed E-state index contributed by atoms with van der Waals surface area (Å²) in [5, 5.41) is 5.14. The van der Waals surface area contributed by atoms with E-state index in [1.54, 1.807) is 0 Å². The van der Waals surface area contributed by atoms with Gasteiger partial charge in [0.2, 0.25) is 5.91 Å². The van der Waals surface area contributed by atoms with Crippen LogP contribution in [-0.2, 0) is 4.79 Å². The Hall–Kier alpha value is -1.52. The first kappa shape index (κ1) is 12.5. The molecule has 1 aliphatic rings. The predicted molar refractivity (Wildman–Crippen MR) is 54.6 cm³/mol. The van der Waals surface area contributed by atoms with E-state index in [1.807, 2.05) is 6.92 Å². The van der Waals surface area contributed by atoms with Crippen molar-refractivity contribution in [2.75, 3.05) is 13.1 Å². The minimum Gasteiger partial charge on any atom is -0.366 e. The van der Waals surface area contributed by atoms with Gasteiger partial charge in [0.15, 0.2) is 0 Å². The number of carbonyl (C=O) groups excluding carboxylic acids is 2. The van der Waals surface area contributed by atoms with Crippen LogP contribution in [0.5, 0.6) is 0 Å². The Morgan fingerprint density at radius 2 is 2.00 bits per heavy atom. The zero-order valence-electron chi connectivity index (χ0n) is 8.43. The zero-order chi connectivity index (χ0) is 11.0. The molecule has 1 heterocycles. The fourth-order valence-electron chi connectivity index (χ4n) is 0.840. The maximum atomic E-state index is 10.2. The second-order valence-electron chi connectivity index (χ2n) is 2.90. The van der Waals surface area contributed by atoms with Gasteiger partial charge in [0.25, 0.3) is 0 Å². The minimum absolute atomic E-state index is 0.0463. The fraction of sp³-hybridized carbons (Fsp3) is 0.556. The van der Waals surface area contributed by atoms with Crippen molar-refractivity contribution in [2.24, 2.45) is 5.73 Å². The lowest BCUT2D eigenvalue weighted by Crippen LogP contribution is -2.20. The molecule has 0 radical (unpaired) electrons. The van der Waals surface area contributed by atoms with Crippen molar-refractivity contribution in [3.63, 3.8) is 0 Å². The summed E-state index contributed by atoms with van der Waals surface area (Å²) in [5.41, 5.74) is 5.40. The number of amides is 3. The SMILES string of the molecule is C=C(CCC)C(N)=O.O=C1NCCN1. The molecule has 0 atom stereocenters. The Labute approximate surface area is 83.7 Å². The normalized spacial score (nSPS) is 13.4. The number of hydrogen-bond acceptors (Lipinski definition) is 2. The average molecular weight is 199 g/mol. The van der Waals surface area contributed by atoms with E-state index >= 15 is 0 Å². The van der Waals surface area contributed by atoms with Gasteiger partial charge >= 0.3 is 6.03 Å². The molecule has 0 aromatic rings. The minimum atomic E-state index is -0.383. The third-order valence-electron chi connectivity index (χ3n) is 1.60. The van der Waals surface area contributed by atoms with Crippen molar-refractivity contribution in [3.8, 4) is 0 Å². The molecular formula is C9H17N3O2. The summed E-state index contributed by atoms with van der Waals surface area (Å²) < 4.78 is 0. The van der Waals surface area contributed by atoms with Gasteiger partial charge in [0, 0.05) is 18.7 Å². The predicted octanol–water partition coefficient (Wildman–Crippen LogP) is 0.127. The molecule has 1 aliphatic heterocycles. The molecule has 1 saturated heterocycles. The molecule has 0 bridgehead atoms. The Morgan fingerprint density at radius 1 is 1.50 bits per heavy atom. The fourth-order valence-corrected chi connectivity index (χ4v) is 0.840. The number of nitrogens with two attached hydrogens (primary N) is 1. The van der Waals surface area contributed by atoms with Gasteiger partial charge in [-0.1, -0.05) is 19.9 Å². The van der Waals surface area contributed by atoms with Crippen LogP contribution in [0, 0.1) is 0 Å². The summed E-state index contributed by atoms with van der Waals surface area (Å²) in [4.78, 5) is 20.2. The molecule has 5 nitrogen and oxygen atoms in total. The van der Waals surface area contributed by atoms with Crippen LogP contribution in [-0.4, -0.2) is 25.0 Å². The quantitative estimate of drug-likeness (QED) is 0.564. The van der Waals surface area contributed by atoms with E-state index in [2.05, 4.69) is 17.2 Å². The molecule has 0 spiro atoms. The van der Waals surface area contributed by atoms with Crippen molar-refractivity contribution < 1.29 is 9.59 Å². The van der Waals surface area contributed by atoms with Gasteiger partial charge in [-0.2, -0.15) is 0 Å². The van der Waals surface area contributed by atoms with Gasteiger partial charge in [-0.3, -0.25) is 4.79 Å². The van der Waals surface area contributed by atoms with Crippen LogP contribution in [0.4, 0.5) is 4.79 Å². The molecule has 80 valence electrons. The zero-order valence-corrected chi connectivity index (χ0v) is 8.43. The Morgan fingerprint density at radius 3 is 2.14 bits per heavy atom. The van der Waals surface area contributed by atoms with E-state index < -0.39 is 0 Å². The number of carbonyl (C=O) groups is 2. The average Bonchev–Trinajstić information content (AvgIpc) is 2.57. The first-order chi connectivity index (χ1) is 6.57. The van der Waals surface area contributed by atoms with Crippen molar-refractivity contribution in [2.45, 2.75) is 19.8 Å². The second-order valence-corrected chi connectivity index (χ2v) is 2.90. The number of urea groups is 1. The third-order valence-corrected chi connectivity index (χ3v) is 1.60. The molecule has 0 aromatic carbocycles. The van der Waals surface area contributed by atoms with Gasteiger partial charge in [0.1, 0.15) is 0 Å². The molecule has 0 unspecified atom stereocenters. The van der Waals surface area contributed by atoms with Crippen LogP contribution >= 0.6 is 0 Å². The number of rotatable bonds is 3. The largest absolute Gasteiger partial charge is 0.366 e. The highest BCUT2D eigenvalue weighted by molar-refractivity contribution is 5.91. The van der Waals surface area contributed by atoms with Crippen molar-refractivity contribution in [3.05, 3.63) is 12.2 Å². The van der Waals surface area contributed by atoms with Crippen molar-refractivity contribution in [1.82, 2.24) is 10.6 Å². The maximum Gasteiger partial charge on any atom is 0.314 e. The Bertz CT molecular complexity index is 218. The summed E-state index contributed by atoms with van der Waals surface area (Å²) in [5.74, 6) is -0.383. The topological polar surface area (TPSA) is 84.2 Å². The highest BCUT2D eigenvalue weighted by Gasteiger charge is 2.03. The van der Waals surface area contributed by atoms with Crippen molar-refractivity contribution >= 4 is 11.9 Å². The molecule has 0 aromatic heterocycles. The van der Waals surface area contributed by atoms with Gasteiger partial charge in [0.05, 0.1) is 0 Å². The Balaban J connectivity index is 0.000000249. The van der Waals surface area contributed by atoms with Crippen molar-refractivity contribution in [1.29, 1.82) is 0 Å². The van der Waals surface area contributed by atoms with Gasteiger partial charge in [-0.25, -0.2) is 4.79 Å². The lowest BCUT2D eigenvalue weighted by Gasteiger charge is -1.93. The Kier molecular flexibility index (Phi) is 6.19. The van der Waals surface area contributed by atoms with Gasteiger partial charge in [-0.15, -0.1) is 0 Å². The molecule has 14 heavy (non-hydrogen) atoms. The van der Waals surface area contributed by atoms with E-state index in [4.69, 9.17) is 5.73 Å². The van der Waals surface area contributed by atoms with Crippen LogP contribution < -0.4 is 16.4 Å². The summed E-state index contributed by atoms with van der Waals surface area (Å²) in [6.07, 6.45) is 1.65. The van der Waals surface area contributed by atoms with E-state index in [-0.39, 0.29) is 11.9 Å². The molecule has 0 saturated carbocycles. The van der Waals surface area contributed by atoms with Crippen LogP contribution in [0.2, 0.25) is 0 Å². The summed E-state index contributed by atoms with van der Waals surface area (Å²) in [6, 6.07) is -0.0463. The molecule has 1 fully saturated rings. The monoisotopic (exact) mass is 199 g/mol. The van der Waals surface area contributed by atoms with Crippen LogP contribution in [0.1, 0.15) is 19.8 Å². The van der Waals surface area contributed by atoms with Gasteiger partial charge in [-0.05, 0) is 6.42 Å². The van der Waals surface area contributed by atoms with E-state index in [9.17, 15) is 9.59 Å². The standard InChI is InChI=1S/C6H11NO.C3H6N2O/c1-3-4-5(2)6(7)8;6-3-4-1-2-5-3/h2-4H2,1H3,(H2,7,8);1-2H2,(H2,4,5,6). The molecule has 0 aliphatic carbocycles.